The van der Waals surface area contributed by atoms with Crippen molar-refractivity contribution in [3.05, 3.63) is 28.7 Å². The quantitative estimate of drug-likeness (QED) is 0.694. The van der Waals surface area contributed by atoms with Crippen LogP contribution in [0.4, 0.5) is 0 Å². The fourth-order valence-electron chi connectivity index (χ4n) is 1.31. The van der Waals surface area contributed by atoms with Crippen molar-refractivity contribution in [3.63, 3.8) is 0 Å². The number of halogens is 1. The second kappa shape index (κ2) is 7.85. The smallest absolute Gasteiger partial charge is 0.241 e. The van der Waals surface area contributed by atoms with E-state index < -0.39 is 10.0 Å². The van der Waals surface area contributed by atoms with Crippen molar-refractivity contribution in [2.45, 2.75) is 4.90 Å². The van der Waals surface area contributed by atoms with E-state index in [2.05, 4.69) is 26.0 Å². The number of nitrogens with one attached hydrogen (secondary N) is 2. The second-order valence-electron chi connectivity index (χ2n) is 3.57. The first-order chi connectivity index (χ1) is 8.58. The van der Waals surface area contributed by atoms with Crippen LogP contribution in [0.5, 0.6) is 0 Å². The summed E-state index contributed by atoms with van der Waals surface area (Å²) < 4.78 is 31.9. The first-order valence-corrected chi connectivity index (χ1v) is 7.79. The number of benzene rings is 1. The lowest BCUT2D eigenvalue weighted by molar-refractivity contribution is 0.199. The van der Waals surface area contributed by atoms with E-state index in [4.69, 9.17) is 4.74 Å². The summed E-state index contributed by atoms with van der Waals surface area (Å²) in [7, 11) is -1.83. The number of methoxy groups -OCH3 is 1. The summed E-state index contributed by atoms with van der Waals surface area (Å²) in [5.74, 6) is 0. The number of hydrogen-bond donors (Lipinski definition) is 2. The van der Waals surface area contributed by atoms with E-state index in [1.807, 2.05) is 0 Å². The summed E-state index contributed by atoms with van der Waals surface area (Å²) in [5.41, 5.74) is 0. The number of hydrogen-bond acceptors (Lipinski definition) is 4. The largest absolute Gasteiger partial charge is 0.383 e. The SMILES string of the molecule is COCCNCCNS(=O)(=O)c1ccccc1Br. The Morgan fingerprint density at radius 1 is 1.22 bits per heavy atom. The van der Waals surface area contributed by atoms with Gasteiger partial charge in [-0.1, -0.05) is 12.1 Å². The van der Waals surface area contributed by atoms with Gasteiger partial charge in [0.1, 0.15) is 0 Å². The van der Waals surface area contributed by atoms with Gasteiger partial charge in [-0.05, 0) is 28.1 Å². The van der Waals surface area contributed by atoms with Gasteiger partial charge in [-0.2, -0.15) is 0 Å². The molecule has 1 rings (SSSR count). The molecular weight excluding hydrogens is 320 g/mol. The van der Waals surface area contributed by atoms with Crippen molar-refractivity contribution in [3.8, 4) is 0 Å². The van der Waals surface area contributed by atoms with Gasteiger partial charge in [-0.15, -0.1) is 0 Å². The Kier molecular flexibility index (Phi) is 6.80. The maximum atomic E-state index is 11.9. The van der Waals surface area contributed by atoms with E-state index in [1.165, 1.54) is 0 Å². The lowest BCUT2D eigenvalue weighted by Gasteiger charge is -2.08. The molecule has 5 nitrogen and oxygen atoms in total. The van der Waals surface area contributed by atoms with Crippen LogP contribution in [-0.4, -0.2) is 41.8 Å². The summed E-state index contributed by atoms with van der Waals surface area (Å²) >= 11 is 3.22. The Morgan fingerprint density at radius 2 is 1.94 bits per heavy atom. The molecule has 0 fully saturated rings. The number of sulfonamides is 1. The molecule has 0 spiro atoms. The molecule has 0 aliphatic carbocycles. The highest BCUT2D eigenvalue weighted by Crippen LogP contribution is 2.20. The Balaban J connectivity index is 2.44. The van der Waals surface area contributed by atoms with Crippen LogP contribution in [0.25, 0.3) is 0 Å². The zero-order chi connectivity index (χ0) is 13.4. The zero-order valence-electron chi connectivity index (χ0n) is 10.1. The Labute approximate surface area is 116 Å². The minimum Gasteiger partial charge on any atom is -0.383 e. The van der Waals surface area contributed by atoms with Crippen molar-refractivity contribution in [2.75, 3.05) is 33.4 Å². The maximum Gasteiger partial charge on any atom is 0.241 e. The van der Waals surface area contributed by atoms with Crippen LogP contribution in [-0.2, 0) is 14.8 Å². The van der Waals surface area contributed by atoms with Gasteiger partial charge < -0.3 is 10.1 Å². The Bertz CT molecular complexity index is 465. The summed E-state index contributed by atoms with van der Waals surface area (Å²) in [5, 5.41) is 3.06. The Hall–Kier alpha value is -0.470. The van der Waals surface area contributed by atoms with Gasteiger partial charge in [0.15, 0.2) is 0 Å². The second-order valence-corrected chi connectivity index (χ2v) is 6.16. The average Bonchev–Trinajstić information content (AvgIpc) is 2.34. The third-order valence-corrected chi connectivity index (χ3v) is 4.68. The van der Waals surface area contributed by atoms with Crippen LogP contribution in [0.1, 0.15) is 0 Å². The highest BCUT2D eigenvalue weighted by atomic mass is 79.9. The van der Waals surface area contributed by atoms with E-state index in [-0.39, 0.29) is 4.90 Å². The molecule has 0 atom stereocenters. The van der Waals surface area contributed by atoms with E-state index in [0.29, 0.717) is 30.7 Å². The molecule has 7 heteroatoms. The summed E-state index contributed by atoms with van der Waals surface area (Å²) in [4.78, 5) is 0.252. The Morgan fingerprint density at radius 3 is 2.61 bits per heavy atom. The molecule has 1 aromatic carbocycles. The number of rotatable bonds is 8. The summed E-state index contributed by atoms with van der Waals surface area (Å²) in [6, 6.07) is 6.72. The third-order valence-electron chi connectivity index (χ3n) is 2.20. The van der Waals surface area contributed by atoms with Gasteiger partial charge >= 0.3 is 0 Å². The molecule has 0 amide bonds. The molecule has 0 aliphatic heterocycles. The highest BCUT2D eigenvalue weighted by Gasteiger charge is 2.15. The minimum atomic E-state index is -3.45. The number of ether oxygens (including phenoxy) is 1. The maximum absolute atomic E-state index is 11.9. The van der Waals surface area contributed by atoms with Crippen molar-refractivity contribution in [1.29, 1.82) is 0 Å². The zero-order valence-corrected chi connectivity index (χ0v) is 12.6. The van der Waals surface area contributed by atoms with E-state index in [9.17, 15) is 8.42 Å². The van der Waals surface area contributed by atoms with Crippen LogP contribution < -0.4 is 10.0 Å². The van der Waals surface area contributed by atoms with Gasteiger partial charge in [0, 0.05) is 31.2 Å². The van der Waals surface area contributed by atoms with Crippen LogP contribution in [0.2, 0.25) is 0 Å². The van der Waals surface area contributed by atoms with Crippen LogP contribution >= 0.6 is 15.9 Å². The molecule has 1 aromatic rings. The predicted molar refractivity (Wildman–Crippen MR) is 74.1 cm³/mol. The molecule has 0 heterocycles. The van der Waals surface area contributed by atoms with Gasteiger partial charge in [-0.3, -0.25) is 0 Å². The average molecular weight is 337 g/mol. The molecule has 0 bridgehead atoms. The molecule has 2 N–H and O–H groups in total. The van der Waals surface area contributed by atoms with Crippen molar-refractivity contribution < 1.29 is 13.2 Å². The van der Waals surface area contributed by atoms with E-state index >= 15 is 0 Å². The first-order valence-electron chi connectivity index (χ1n) is 5.52. The molecule has 18 heavy (non-hydrogen) atoms. The van der Waals surface area contributed by atoms with Crippen molar-refractivity contribution in [2.24, 2.45) is 0 Å². The van der Waals surface area contributed by atoms with Gasteiger partial charge in [0.2, 0.25) is 10.0 Å². The molecule has 0 unspecified atom stereocenters. The molecule has 0 aromatic heterocycles. The summed E-state index contributed by atoms with van der Waals surface area (Å²) in [6.45, 7) is 2.21. The fraction of sp³-hybridized carbons (Fsp3) is 0.455. The van der Waals surface area contributed by atoms with E-state index in [1.54, 1.807) is 31.4 Å². The van der Waals surface area contributed by atoms with Crippen molar-refractivity contribution >= 4 is 26.0 Å². The van der Waals surface area contributed by atoms with Gasteiger partial charge in [-0.25, -0.2) is 13.1 Å². The lowest BCUT2D eigenvalue weighted by atomic mass is 10.4. The molecular formula is C11H17BrN2O3S. The monoisotopic (exact) mass is 336 g/mol. The van der Waals surface area contributed by atoms with Crippen LogP contribution in [0.3, 0.4) is 0 Å². The highest BCUT2D eigenvalue weighted by molar-refractivity contribution is 9.10. The van der Waals surface area contributed by atoms with Crippen LogP contribution in [0, 0.1) is 0 Å². The molecule has 0 radical (unpaired) electrons. The first kappa shape index (κ1) is 15.6. The third kappa shape index (κ3) is 5.03. The molecule has 0 saturated carbocycles. The van der Waals surface area contributed by atoms with Gasteiger partial charge in [0.25, 0.3) is 0 Å². The summed E-state index contributed by atoms with van der Waals surface area (Å²) in [6.07, 6.45) is 0. The lowest BCUT2D eigenvalue weighted by Crippen LogP contribution is -2.33. The standard InChI is InChI=1S/C11H17BrN2O3S/c1-17-9-8-13-6-7-14-18(15,16)11-5-3-2-4-10(11)12/h2-5,13-14H,6-9H2,1H3. The normalized spacial score (nSPS) is 11.7. The molecule has 0 saturated heterocycles. The van der Waals surface area contributed by atoms with Gasteiger partial charge in [0.05, 0.1) is 11.5 Å². The topological polar surface area (TPSA) is 67.4 Å². The molecule has 102 valence electrons. The fourth-order valence-corrected chi connectivity index (χ4v) is 3.35. The van der Waals surface area contributed by atoms with Crippen LogP contribution in [0.15, 0.2) is 33.6 Å². The minimum absolute atomic E-state index is 0.252. The predicted octanol–water partition coefficient (Wildman–Crippen LogP) is 0.963. The van der Waals surface area contributed by atoms with Crippen molar-refractivity contribution in [1.82, 2.24) is 10.0 Å². The van der Waals surface area contributed by atoms with E-state index in [0.717, 1.165) is 0 Å². The molecule has 0 aliphatic rings.